The van der Waals surface area contributed by atoms with Gasteiger partial charge in [-0.05, 0) is 31.5 Å². The van der Waals surface area contributed by atoms with Gasteiger partial charge < -0.3 is 10.5 Å². The summed E-state index contributed by atoms with van der Waals surface area (Å²) in [6.07, 6.45) is 1.67. The summed E-state index contributed by atoms with van der Waals surface area (Å²) in [6.45, 7) is 3.84. The van der Waals surface area contributed by atoms with Crippen LogP contribution in [0.1, 0.15) is 11.3 Å². The van der Waals surface area contributed by atoms with Gasteiger partial charge >= 0.3 is 6.01 Å². The van der Waals surface area contributed by atoms with Crippen LogP contribution in [-0.4, -0.2) is 9.97 Å². The monoisotopic (exact) mass is 215 g/mol. The Morgan fingerprint density at radius 1 is 1.19 bits per heavy atom. The molecule has 0 saturated heterocycles. The van der Waals surface area contributed by atoms with Gasteiger partial charge in [-0.2, -0.15) is 0 Å². The van der Waals surface area contributed by atoms with Crippen LogP contribution in [0.3, 0.4) is 0 Å². The van der Waals surface area contributed by atoms with Gasteiger partial charge in [0.05, 0.1) is 0 Å². The molecule has 0 aliphatic carbocycles. The van der Waals surface area contributed by atoms with Crippen molar-refractivity contribution >= 4 is 5.69 Å². The van der Waals surface area contributed by atoms with Crippen molar-refractivity contribution in [2.45, 2.75) is 13.8 Å². The van der Waals surface area contributed by atoms with E-state index in [2.05, 4.69) is 9.97 Å². The molecule has 0 aliphatic heterocycles. The third kappa shape index (κ3) is 2.28. The third-order valence-corrected chi connectivity index (χ3v) is 2.19. The SMILES string of the molecule is Cc1ccnc(Oc2cc(N)ccc2C)n1. The van der Waals surface area contributed by atoms with Gasteiger partial charge in [0.1, 0.15) is 5.75 Å². The standard InChI is InChI=1S/C12H13N3O/c1-8-3-4-10(13)7-11(8)16-12-14-6-5-9(2)15-12/h3-7H,13H2,1-2H3. The van der Waals surface area contributed by atoms with Crippen molar-refractivity contribution in [3.63, 3.8) is 0 Å². The van der Waals surface area contributed by atoms with Crippen LogP contribution in [0.25, 0.3) is 0 Å². The fourth-order valence-corrected chi connectivity index (χ4v) is 1.30. The molecule has 2 rings (SSSR count). The Labute approximate surface area is 94.1 Å². The largest absolute Gasteiger partial charge is 0.424 e. The Morgan fingerprint density at radius 3 is 2.75 bits per heavy atom. The number of ether oxygens (including phenoxy) is 1. The number of anilines is 1. The van der Waals surface area contributed by atoms with Crippen LogP contribution >= 0.6 is 0 Å². The van der Waals surface area contributed by atoms with Gasteiger partial charge in [0.2, 0.25) is 0 Å². The van der Waals surface area contributed by atoms with Gasteiger partial charge in [0.25, 0.3) is 0 Å². The van der Waals surface area contributed by atoms with E-state index >= 15 is 0 Å². The highest BCUT2D eigenvalue weighted by molar-refractivity contribution is 5.48. The molecule has 0 radical (unpaired) electrons. The fraction of sp³-hybridized carbons (Fsp3) is 0.167. The fourth-order valence-electron chi connectivity index (χ4n) is 1.30. The number of aromatic nitrogens is 2. The summed E-state index contributed by atoms with van der Waals surface area (Å²) < 4.78 is 5.57. The first-order chi connectivity index (χ1) is 7.65. The summed E-state index contributed by atoms with van der Waals surface area (Å²) >= 11 is 0. The number of aryl methyl sites for hydroxylation is 2. The van der Waals surface area contributed by atoms with Crippen LogP contribution in [0.5, 0.6) is 11.8 Å². The van der Waals surface area contributed by atoms with E-state index in [1.54, 1.807) is 12.3 Å². The summed E-state index contributed by atoms with van der Waals surface area (Å²) in [7, 11) is 0. The first-order valence-electron chi connectivity index (χ1n) is 4.99. The quantitative estimate of drug-likeness (QED) is 0.782. The van der Waals surface area contributed by atoms with E-state index in [0.717, 1.165) is 11.3 Å². The molecule has 0 bridgehead atoms. The molecule has 0 fully saturated rings. The first kappa shape index (κ1) is 10.4. The zero-order valence-electron chi connectivity index (χ0n) is 9.27. The van der Waals surface area contributed by atoms with Gasteiger partial charge in [-0.1, -0.05) is 6.07 Å². The molecule has 0 spiro atoms. The lowest BCUT2D eigenvalue weighted by Crippen LogP contribution is -1.95. The minimum atomic E-state index is 0.341. The van der Waals surface area contributed by atoms with Gasteiger partial charge in [0, 0.05) is 23.6 Å². The minimum Gasteiger partial charge on any atom is -0.424 e. The predicted molar refractivity (Wildman–Crippen MR) is 62.4 cm³/mol. The molecule has 4 heteroatoms. The number of benzene rings is 1. The number of nitrogen functional groups attached to an aromatic ring is 1. The lowest BCUT2D eigenvalue weighted by Gasteiger charge is -2.07. The molecule has 0 aliphatic rings. The summed E-state index contributed by atoms with van der Waals surface area (Å²) in [5.74, 6) is 0.686. The molecule has 0 unspecified atom stereocenters. The molecule has 2 aromatic rings. The van der Waals surface area contributed by atoms with Crippen molar-refractivity contribution in [3.8, 4) is 11.8 Å². The summed E-state index contributed by atoms with van der Waals surface area (Å²) in [4.78, 5) is 8.20. The molecule has 1 aromatic heterocycles. The second kappa shape index (κ2) is 4.18. The summed E-state index contributed by atoms with van der Waals surface area (Å²) in [5.41, 5.74) is 8.22. The maximum absolute atomic E-state index is 5.69. The zero-order valence-corrected chi connectivity index (χ0v) is 9.27. The van der Waals surface area contributed by atoms with E-state index in [1.807, 2.05) is 32.0 Å². The number of hydrogen-bond acceptors (Lipinski definition) is 4. The van der Waals surface area contributed by atoms with Crippen LogP contribution in [-0.2, 0) is 0 Å². The molecule has 1 aromatic carbocycles. The molecule has 0 amide bonds. The molecule has 16 heavy (non-hydrogen) atoms. The zero-order chi connectivity index (χ0) is 11.5. The highest BCUT2D eigenvalue weighted by Gasteiger charge is 2.04. The molecular formula is C12H13N3O. The van der Waals surface area contributed by atoms with E-state index in [-0.39, 0.29) is 0 Å². The molecule has 2 N–H and O–H groups in total. The Bertz CT molecular complexity index is 511. The maximum atomic E-state index is 5.69. The number of nitrogens with two attached hydrogens (primary N) is 1. The topological polar surface area (TPSA) is 61.0 Å². The number of rotatable bonds is 2. The van der Waals surface area contributed by atoms with Gasteiger partial charge in [-0.3, -0.25) is 0 Å². The van der Waals surface area contributed by atoms with E-state index in [1.165, 1.54) is 0 Å². The predicted octanol–water partition coefficient (Wildman–Crippen LogP) is 2.47. The van der Waals surface area contributed by atoms with E-state index in [0.29, 0.717) is 17.4 Å². The maximum Gasteiger partial charge on any atom is 0.322 e. The Hall–Kier alpha value is -2.10. The lowest BCUT2D eigenvalue weighted by atomic mass is 10.2. The van der Waals surface area contributed by atoms with Gasteiger partial charge in [-0.15, -0.1) is 0 Å². The minimum absolute atomic E-state index is 0.341. The average Bonchev–Trinajstić information content (AvgIpc) is 2.24. The smallest absolute Gasteiger partial charge is 0.322 e. The molecule has 0 saturated carbocycles. The molecule has 1 heterocycles. The third-order valence-electron chi connectivity index (χ3n) is 2.19. The summed E-state index contributed by atoms with van der Waals surface area (Å²) in [6, 6.07) is 7.66. The van der Waals surface area contributed by atoms with E-state index in [4.69, 9.17) is 10.5 Å². The first-order valence-corrected chi connectivity index (χ1v) is 4.99. The average molecular weight is 215 g/mol. The second-order valence-electron chi connectivity index (χ2n) is 3.61. The van der Waals surface area contributed by atoms with Crippen molar-refractivity contribution in [3.05, 3.63) is 41.7 Å². The molecule has 0 atom stereocenters. The normalized spacial score (nSPS) is 10.1. The summed E-state index contributed by atoms with van der Waals surface area (Å²) in [5, 5.41) is 0. The number of hydrogen-bond donors (Lipinski definition) is 1. The number of nitrogens with zero attached hydrogens (tertiary/aromatic N) is 2. The second-order valence-corrected chi connectivity index (χ2v) is 3.61. The van der Waals surface area contributed by atoms with E-state index in [9.17, 15) is 0 Å². The Balaban J connectivity index is 2.30. The van der Waals surface area contributed by atoms with Crippen molar-refractivity contribution < 1.29 is 4.74 Å². The van der Waals surface area contributed by atoms with Gasteiger partial charge in [0.15, 0.2) is 0 Å². The highest BCUT2D eigenvalue weighted by Crippen LogP contribution is 2.24. The van der Waals surface area contributed by atoms with E-state index < -0.39 is 0 Å². The van der Waals surface area contributed by atoms with Crippen molar-refractivity contribution in [1.29, 1.82) is 0 Å². The highest BCUT2D eigenvalue weighted by atomic mass is 16.5. The molecule has 4 nitrogen and oxygen atoms in total. The van der Waals surface area contributed by atoms with Crippen molar-refractivity contribution in [1.82, 2.24) is 9.97 Å². The lowest BCUT2D eigenvalue weighted by molar-refractivity contribution is 0.437. The molecule has 82 valence electrons. The Morgan fingerprint density at radius 2 is 2.00 bits per heavy atom. The van der Waals surface area contributed by atoms with Crippen molar-refractivity contribution in [2.75, 3.05) is 5.73 Å². The van der Waals surface area contributed by atoms with Crippen LogP contribution in [0.15, 0.2) is 30.5 Å². The van der Waals surface area contributed by atoms with Crippen LogP contribution in [0.4, 0.5) is 5.69 Å². The van der Waals surface area contributed by atoms with Crippen LogP contribution in [0, 0.1) is 13.8 Å². The Kier molecular flexibility index (Phi) is 2.72. The van der Waals surface area contributed by atoms with Gasteiger partial charge in [-0.25, -0.2) is 9.97 Å². The van der Waals surface area contributed by atoms with Crippen LogP contribution in [0.2, 0.25) is 0 Å². The molecular weight excluding hydrogens is 202 g/mol. The van der Waals surface area contributed by atoms with Crippen molar-refractivity contribution in [2.24, 2.45) is 0 Å². The van der Waals surface area contributed by atoms with Crippen LogP contribution < -0.4 is 10.5 Å².